The van der Waals surface area contributed by atoms with Gasteiger partial charge < -0.3 is 14.4 Å². The Bertz CT molecular complexity index is 798. The molecule has 178 valence electrons. The first-order chi connectivity index (χ1) is 15.1. The van der Waals surface area contributed by atoms with Crippen molar-refractivity contribution < 1.29 is 32.2 Å². The molecule has 2 aliphatic rings. The van der Waals surface area contributed by atoms with Crippen LogP contribution in [0.1, 0.15) is 52.0 Å². The summed E-state index contributed by atoms with van der Waals surface area (Å²) in [6.45, 7) is 6.32. The van der Waals surface area contributed by atoms with Crippen molar-refractivity contribution in [3.63, 3.8) is 0 Å². The van der Waals surface area contributed by atoms with Gasteiger partial charge in [0.15, 0.2) is 0 Å². The van der Waals surface area contributed by atoms with Crippen LogP contribution in [0.5, 0.6) is 0 Å². The smallest absolute Gasteiger partial charge is 0.460 e. The number of rotatable bonds is 6. The van der Waals surface area contributed by atoms with Crippen LogP contribution in [-0.4, -0.2) is 48.3 Å². The molecule has 1 aliphatic heterocycles. The third kappa shape index (κ3) is 5.11. The van der Waals surface area contributed by atoms with Gasteiger partial charge in [-0.25, -0.2) is 0 Å². The van der Waals surface area contributed by atoms with Gasteiger partial charge >= 0.3 is 18.1 Å². The number of hydrogen-bond acceptors (Lipinski definition) is 4. The molecular formula is C24H32F3NO4. The van der Waals surface area contributed by atoms with Gasteiger partial charge in [-0.3, -0.25) is 9.59 Å². The molecule has 4 atom stereocenters. The van der Waals surface area contributed by atoms with Crippen LogP contribution >= 0.6 is 0 Å². The highest BCUT2D eigenvalue weighted by Crippen LogP contribution is 2.48. The van der Waals surface area contributed by atoms with Crippen LogP contribution in [0.25, 0.3) is 0 Å². The van der Waals surface area contributed by atoms with Crippen molar-refractivity contribution >= 4 is 11.9 Å². The molecule has 0 radical (unpaired) electrons. The number of halogens is 3. The Morgan fingerprint density at radius 1 is 1.22 bits per heavy atom. The normalized spacial score (nSPS) is 28.5. The van der Waals surface area contributed by atoms with Gasteiger partial charge in [0.05, 0.1) is 12.0 Å². The SMILES string of the molecule is CC(C)[C@]1(C(=O)OCc2ccccc2)CC[C@@H](N(C(=O)C(F)(F)F)C2CCOC[C@H]2C)C1. The van der Waals surface area contributed by atoms with Gasteiger partial charge in [0.1, 0.15) is 6.61 Å². The molecule has 1 aromatic rings. The summed E-state index contributed by atoms with van der Waals surface area (Å²) in [4.78, 5) is 26.7. The Morgan fingerprint density at radius 2 is 1.91 bits per heavy atom. The number of ether oxygens (including phenoxy) is 2. The van der Waals surface area contributed by atoms with E-state index in [0.29, 0.717) is 32.5 Å². The van der Waals surface area contributed by atoms with Crippen molar-refractivity contribution in [3.8, 4) is 0 Å². The molecule has 3 rings (SSSR count). The first-order valence-corrected chi connectivity index (χ1v) is 11.2. The van der Waals surface area contributed by atoms with E-state index in [0.717, 1.165) is 10.5 Å². The lowest BCUT2D eigenvalue weighted by atomic mass is 9.75. The van der Waals surface area contributed by atoms with Crippen molar-refractivity contribution in [2.75, 3.05) is 13.2 Å². The van der Waals surface area contributed by atoms with Crippen molar-refractivity contribution in [3.05, 3.63) is 35.9 Å². The molecule has 0 aromatic heterocycles. The highest BCUT2D eigenvalue weighted by atomic mass is 19.4. The summed E-state index contributed by atoms with van der Waals surface area (Å²) < 4.78 is 51.6. The zero-order valence-corrected chi connectivity index (χ0v) is 18.9. The number of amides is 1. The van der Waals surface area contributed by atoms with E-state index in [4.69, 9.17) is 9.47 Å². The van der Waals surface area contributed by atoms with Gasteiger partial charge in [0.2, 0.25) is 0 Å². The molecular weight excluding hydrogens is 423 g/mol. The minimum atomic E-state index is -4.96. The van der Waals surface area contributed by atoms with Crippen LogP contribution in [-0.2, 0) is 25.7 Å². The Balaban J connectivity index is 1.82. The summed E-state index contributed by atoms with van der Waals surface area (Å²) in [6.07, 6.45) is -3.71. The van der Waals surface area contributed by atoms with Gasteiger partial charge in [0.25, 0.3) is 0 Å². The Morgan fingerprint density at radius 3 is 2.50 bits per heavy atom. The molecule has 1 saturated carbocycles. The van der Waals surface area contributed by atoms with E-state index < -0.39 is 35.6 Å². The lowest BCUT2D eigenvalue weighted by Crippen LogP contribution is -2.56. The first-order valence-electron chi connectivity index (χ1n) is 11.2. The molecule has 0 N–H and O–H groups in total. The summed E-state index contributed by atoms with van der Waals surface area (Å²) >= 11 is 0. The van der Waals surface area contributed by atoms with E-state index in [2.05, 4.69) is 0 Å². The predicted molar refractivity (Wildman–Crippen MR) is 112 cm³/mol. The molecule has 8 heteroatoms. The van der Waals surface area contributed by atoms with E-state index >= 15 is 0 Å². The highest BCUT2D eigenvalue weighted by Gasteiger charge is 2.55. The lowest BCUT2D eigenvalue weighted by Gasteiger charge is -2.43. The zero-order chi connectivity index (χ0) is 23.5. The zero-order valence-electron chi connectivity index (χ0n) is 18.9. The van der Waals surface area contributed by atoms with E-state index in [1.165, 1.54) is 0 Å². The topological polar surface area (TPSA) is 55.8 Å². The Labute approximate surface area is 187 Å². The maximum atomic E-state index is 13.5. The van der Waals surface area contributed by atoms with Crippen LogP contribution in [0, 0.1) is 17.3 Å². The number of carbonyl (C=O) groups excluding carboxylic acids is 2. The molecule has 1 aromatic carbocycles. The summed E-state index contributed by atoms with van der Waals surface area (Å²) in [5, 5.41) is 0. The molecule has 0 bridgehead atoms. The largest absolute Gasteiger partial charge is 0.471 e. The molecule has 1 heterocycles. The number of benzene rings is 1. The Kier molecular flexibility index (Phi) is 7.53. The van der Waals surface area contributed by atoms with Crippen molar-refractivity contribution in [2.45, 2.75) is 71.3 Å². The third-order valence-electron chi connectivity index (χ3n) is 7.07. The average Bonchev–Trinajstić information content (AvgIpc) is 3.20. The van der Waals surface area contributed by atoms with Gasteiger partial charge in [-0.1, -0.05) is 51.1 Å². The molecule has 1 saturated heterocycles. The minimum absolute atomic E-state index is 0.112. The second-order valence-electron chi connectivity index (χ2n) is 9.39. The second kappa shape index (κ2) is 9.81. The highest BCUT2D eigenvalue weighted by molar-refractivity contribution is 5.83. The second-order valence-corrected chi connectivity index (χ2v) is 9.39. The predicted octanol–water partition coefficient (Wildman–Crippen LogP) is 4.74. The molecule has 32 heavy (non-hydrogen) atoms. The van der Waals surface area contributed by atoms with Crippen LogP contribution in [0.15, 0.2) is 30.3 Å². The number of nitrogens with zero attached hydrogens (tertiary/aromatic N) is 1. The number of esters is 1. The van der Waals surface area contributed by atoms with Gasteiger partial charge in [0, 0.05) is 24.6 Å². The van der Waals surface area contributed by atoms with E-state index in [1.54, 1.807) is 6.92 Å². The molecule has 2 fully saturated rings. The quantitative estimate of drug-likeness (QED) is 0.582. The monoisotopic (exact) mass is 455 g/mol. The van der Waals surface area contributed by atoms with E-state index in [9.17, 15) is 22.8 Å². The summed E-state index contributed by atoms with van der Waals surface area (Å²) in [7, 11) is 0. The third-order valence-corrected chi connectivity index (χ3v) is 7.07. The van der Waals surface area contributed by atoms with Crippen LogP contribution in [0.4, 0.5) is 13.2 Å². The molecule has 1 unspecified atom stereocenters. The van der Waals surface area contributed by atoms with Crippen LogP contribution in [0.3, 0.4) is 0 Å². The standard InChI is InChI=1S/C24H32F3NO4/c1-16(2)23(22(30)32-15-18-7-5-4-6-8-18)11-9-19(13-23)28(21(29)24(25,26)27)20-10-12-31-14-17(20)3/h4-8,16-17,19-20H,9-15H2,1-3H3/t17-,19-,20?,23+/m1/s1. The van der Waals surface area contributed by atoms with E-state index in [-0.39, 0.29) is 24.9 Å². The summed E-state index contributed by atoms with van der Waals surface area (Å²) in [5.41, 5.74) is -0.0722. The molecule has 1 aliphatic carbocycles. The fraction of sp³-hybridized carbons (Fsp3) is 0.667. The van der Waals surface area contributed by atoms with Gasteiger partial charge in [-0.05, 0) is 37.2 Å². The number of carbonyl (C=O) groups is 2. The fourth-order valence-corrected chi connectivity index (χ4v) is 5.11. The maximum Gasteiger partial charge on any atom is 0.471 e. The summed E-state index contributed by atoms with van der Waals surface area (Å²) in [6, 6.07) is 8.04. The molecule has 0 spiro atoms. The van der Waals surface area contributed by atoms with Crippen molar-refractivity contribution in [1.29, 1.82) is 0 Å². The first kappa shape index (κ1) is 24.6. The minimum Gasteiger partial charge on any atom is -0.460 e. The number of hydrogen-bond donors (Lipinski definition) is 0. The van der Waals surface area contributed by atoms with Gasteiger partial charge in [-0.15, -0.1) is 0 Å². The van der Waals surface area contributed by atoms with Crippen LogP contribution in [0.2, 0.25) is 0 Å². The fourth-order valence-electron chi connectivity index (χ4n) is 5.11. The molecule has 1 amide bonds. The van der Waals surface area contributed by atoms with Crippen molar-refractivity contribution in [2.24, 2.45) is 17.3 Å². The Hall–Kier alpha value is -2.09. The maximum absolute atomic E-state index is 13.5. The van der Waals surface area contributed by atoms with Crippen LogP contribution < -0.4 is 0 Å². The van der Waals surface area contributed by atoms with Crippen molar-refractivity contribution in [1.82, 2.24) is 4.90 Å². The number of alkyl halides is 3. The van der Waals surface area contributed by atoms with Gasteiger partial charge in [-0.2, -0.15) is 13.2 Å². The summed E-state index contributed by atoms with van der Waals surface area (Å²) in [5.74, 6) is -2.57. The van der Waals surface area contributed by atoms with E-state index in [1.807, 2.05) is 44.2 Å². The molecule has 5 nitrogen and oxygen atoms in total. The lowest BCUT2D eigenvalue weighted by molar-refractivity contribution is -0.194. The average molecular weight is 456 g/mol.